The molecule has 0 atom stereocenters. The van der Waals surface area contributed by atoms with E-state index in [0.717, 1.165) is 13.2 Å². The van der Waals surface area contributed by atoms with Gasteiger partial charge in [0.1, 0.15) is 0 Å². The van der Waals surface area contributed by atoms with Gasteiger partial charge >= 0.3 is 0 Å². The lowest BCUT2D eigenvalue weighted by Crippen LogP contribution is -2.20. The zero-order valence-corrected chi connectivity index (χ0v) is 12.6. The van der Waals surface area contributed by atoms with Crippen molar-refractivity contribution in [1.82, 2.24) is 0 Å². The molecule has 0 rings (SSSR count). The van der Waals surface area contributed by atoms with Gasteiger partial charge < -0.3 is 9.16 Å². The smallest absolute Gasteiger partial charge is 0.177 e. The quantitative estimate of drug-likeness (QED) is 0.386. The summed E-state index contributed by atoms with van der Waals surface area (Å²) in [7, 11) is 0.836. The second-order valence-corrected chi connectivity index (χ2v) is 7.21. The average molecular weight is 246 g/mol. The summed E-state index contributed by atoms with van der Waals surface area (Å²) in [6, 6.07) is 2.72. The lowest BCUT2D eigenvalue weighted by atomic mass is 10.3. The molecule has 0 saturated carbocycles. The van der Waals surface area contributed by atoms with Crippen LogP contribution in [0.2, 0.25) is 12.1 Å². The Kier molecular flexibility index (Phi) is 13.3. The van der Waals surface area contributed by atoms with Crippen LogP contribution in [-0.4, -0.2) is 29.4 Å². The predicted octanol–water partition coefficient (Wildman–Crippen LogP) is 3.75. The molecular formula is C13H30O2Si. The van der Waals surface area contributed by atoms with E-state index in [4.69, 9.17) is 9.16 Å². The summed E-state index contributed by atoms with van der Waals surface area (Å²) in [6.45, 7) is 6.09. The third kappa shape index (κ3) is 10.6. The molecule has 0 saturated heterocycles. The molecule has 0 fully saturated rings. The molecule has 0 amide bonds. The van der Waals surface area contributed by atoms with Gasteiger partial charge in [-0.25, -0.2) is 0 Å². The largest absolute Gasteiger partial charge is 0.418 e. The van der Waals surface area contributed by atoms with Crippen LogP contribution in [0.1, 0.15) is 52.4 Å². The summed E-state index contributed by atoms with van der Waals surface area (Å²) in [5.41, 5.74) is 0. The normalized spacial score (nSPS) is 11.2. The van der Waals surface area contributed by atoms with Crippen LogP contribution in [0.3, 0.4) is 0 Å². The minimum Gasteiger partial charge on any atom is -0.418 e. The highest BCUT2D eigenvalue weighted by molar-refractivity contribution is 6.51. The summed E-state index contributed by atoms with van der Waals surface area (Å²) in [6.07, 6.45) is 8.09. The van der Waals surface area contributed by atoms with Crippen molar-refractivity contribution in [3.63, 3.8) is 0 Å². The van der Waals surface area contributed by atoms with E-state index in [-0.39, 0.29) is 0 Å². The van der Waals surface area contributed by atoms with E-state index in [1.165, 1.54) is 50.6 Å². The van der Waals surface area contributed by atoms with E-state index in [0.29, 0.717) is 0 Å². The number of hydrogen-bond acceptors (Lipinski definition) is 2. The predicted molar refractivity (Wildman–Crippen MR) is 73.6 cm³/mol. The fourth-order valence-electron chi connectivity index (χ4n) is 1.85. The van der Waals surface area contributed by atoms with Gasteiger partial charge in [-0.05, 0) is 12.1 Å². The van der Waals surface area contributed by atoms with Crippen molar-refractivity contribution in [1.29, 1.82) is 0 Å². The summed E-state index contributed by atoms with van der Waals surface area (Å²) in [4.78, 5) is 0. The van der Waals surface area contributed by atoms with Gasteiger partial charge in [-0.15, -0.1) is 0 Å². The Morgan fingerprint density at radius 1 is 0.812 bits per heavy atom. The molecule has 3 heteroatoms. The summed E-state index contributed by atoms with van der Waals surface area (Å²) >= 11 is 0. The standard InChI is InChI=1S/C13H30O2Si/c1-4-6-8-12-16(13-9-7-5-2)15-11-10-14-3/h16H,4-13H2,1-3H3. The minimum absolute atomic E-state index is 0.755. The van der Waals surface area contributed by atoms with E-state index in [1.54, 1.807) is 7.11 Å². The first-order valence-corrected chi connectivity index (χ1v) is 9.06. The molecule has 0 spiro atoms. The van der Waals surface area contributed by atoms with Gasteiger partial charge in [0.05, 0.1) is 13.2 Å². The molecule has 2 nitrogen and oxygen atoms in total. The molecule has 0 radical (unpaired) electrons. The number of unbranched alkanes of at least 4 members (excludes halogenated alkanes) is 4. The molecule has 0 aliphatic rings. The highest BCUT2D eigenvalue weighted by atomic mass is 28.3. The van der Waals surface area contributed by atoms with Crippen molar-refractivity contribution in [3.05, 3.63) is 0 Å². The van der Waals surface area contributed by atoms with E-state index >= 15 is 0 Å². The number of rotatable bonds is 12. The van der Waals surface area contributed by atoms with Gasteiger partial charge in [-0.1, -0.05) is 52.4 Å². The van der Waals surface area contributed by atoms with Crippen LogP contribution in [0.5, 0.6) is 0 Å². The average Bonchev–Trinajstić information content (AvgIpc) is 2.29. The highest BCUT2D eigenvalue weighted by Crippen LogP contribution is 2.13. The Bertz CT molecular complexity index is 107. The summed E-state index contributed by atoms with van der Waals surface area (Å²) in [5.74, 6) is 0. The lowest BCUT2D eigenvalue weighted by molar-refractivity contribution is 0.145. The molecule has 0 aromatic rings. The number of ether oxygens (including phenoxy) is 1. The topological polar surface area (TPSA) is 18.5 Å². The van der Waals surface area contributed by atoms with Gasteiger partial charge in [0, 0.05) is 7.11 Å². The number of methoxy groups -OCH3 is 1. The first-order chi connectivity index (χ1) is 7.85. The highest BCUT2D eigenvalue weighted by Gasteiger charge is 2.10. The van der Waals surface area contributed by atoms with Gasteiger partial charge in [0.15, 0.2) is 9.04 Å². The van der Waals surface area contributed by atoms with E-state index in [2.05, 4.69) is 13.8 Å². The first kappa shape index (κ1) is 16.1. The van der Waals surface area contributed by atoms with Crippen LogP contribution >= 0.6 is 0 Å². The van der Waals surface area contributed by atoms with E-state index < -0.39 is 9.04 Å². The van der Waals surface area contributed by atoms with Crippen LogP contribution < -0.4 is 0 Å². The maximum absolute atomic E-state index is 5.99. The van der Waals surface area contributed by atoms with Crippen LogP contribution in [0.4, 0.5) is 0 Å². The van der Waals surface area contributed by atoms with Crippen LogP contribution in [0.25, 0.3) is 0 Å². The molecule has 0 aliphatic heterocycles. The van der Waals surface area contributed by atoms with Gasteiger partial charge in [0.2, 0.25) is 0 Å². The molecule has 0 aromatic carbocycles. The second kappa shape index (κ2) is 13.2. The fraction of sp³-hybridized carbons (Fsp3) is 1.00. The minimum atomic E-state index is -0.909. The van der Waals surface area contributed by atoms with Crippen molar-refractivity contribution in [2.75, 3.05) is 20.3 Å². The molecule has 0 heterocycles. The Balaban J connectivity index is 3.58. The fourth-order valence-corrected chi connectivity index (χ4v) is 4.39. The first-order valence-electron chi connectivity index (χ1n) is 6.95. The number of hydrogen-bond donors (Lipinski definition) is 0. The molecular weight excluding hydrogens is 216 g/mol. The molecule has 0 aromatic heterocycles. The Labute approximate surface area is 103 Å². The van der Waals surface area contributed by atoms with Crippen LogP contribution in [0.15, 0.2) is 0 Å². The van der Waals surface area contributed by atoms with Gasteiger partial charge in [-0.2, -0.15) is 0 Å². The molecule has 0 unspecified atom stereocenters. The SMILES string of the molecule is CCCCC[SiH](CCCCC)OCCOC. The van der Waals surface area contributed by atoms with Crippen LogP contribution in [0, 0.1) is 0 Å². The Morgan fingerprint density at radius 2 is 1.38 bits per heavy atom. The van der Waals surface area contributed by atoms with E-state index in [9.17, 15) is 0 Å². The second-order valence-electron chi connectivity index (χ2n) is 4.48. The maximum Gasteiger partial charge on any atom is 0.177 e. The monoisotopic (exact) mass is 246 g/mol. The van der Waals surface area contributed by atoms with Crippen molar-refractivity contribution in [2.24, 2.45) is 0 Å². The zero-order valence-electron chi connectivity index (χ0n) is 11.5. The third-order valence-electron chi connectivity index (χ3n) is 2.90. The molecule has 0 aliphatic carbocycles. The lowest BCUT2D eigenvalue weighted by Gasteiger charge is -2.15. The van der Waals surface area contributed by atoms with Crippen molar-refractivity contribution < 1.29 is 9.16 Å². The van der Waals surface area contributed by atoms with Gasteiger partial charge in [0.25, 0.3) is 0 Å². The maximum atomic E-state index is 5.99. The summed E-state index contributed by atoms with van der Waals surface area (Å²) in [5, 5.41) is 0. The molecule has 0 N–H and O–H groups in total. The summed E-state index contributed by atoms with van der Waals surface area (Å²) < 4.78 is 11.0. The van der Waals surface area contributed by atoms with E-state index in [1.807, 2.05) is 0 Å². The van der Waals surface area contributed by atoms with Crippen molar-refractivity contribution in [3.8, 4) is 0 Å². The molecule has 98 valence electrons. The van der Waals surface area contributed by atoms with Crippen molar-refractivity contribution in [2.45, 2.75) is 64.5 Å². The molecule has 16 heavy (non-hydrogen) atoms. The Hall–Kier alpha value is 0.137. The van der Waals surface area contributed by atoms with Gasteiger partial charge in [-0.3, -0.25) is 0 Å². The van der Waals surface area contributed by atoms with Crippen LogP contribution in [-0.2, 0) is 9.16 Å². The third-order valence-corrected chi connectivity index (χ3v) is 5.71. The molecule has 0 bridgehead atoms. The van der Waals surface area contributed by atoms with Crippen molar-refractivity contribution >= 4 is 9.04 Å². The Morgan fingerprint density at radius 3 is 1.81 bits per heavy atom. The zero-order chi connectivity index (χ0) is 12.1.